The summed E-state index contributed by atoms with van der Waals surface area (Å²) in [6.07, 6.45) is 0. The van der Waals surface area contributed by atoms with E-state index in [0.717, 1.165) is 5.56 Å². The Kier molecular flexibility index (Phi) is 6.92. The van der Waals surface area contributed by atoms with Crippen molar-refractivity contribution in [2.24, 2.45) is 0 Å². The van der Waals surface area contributed by atoms with E-state index in [-0.39, 0.29) is 17.9 Å². The molecule has 0 aromatic heterocycles. The molecular formula is C9H11Cl4N. The van der Waals surface area contributed by atoms with Gasteiger partial charge in [-0.25, -0.2) is 0 Å². The molecule has 1 aromatic rings. The molecule has 0 saturated heterocycles. The minimum atomic E-state index is -0.0740. The molecular weight excluding hydrogens is 264 g/mol. The second-order valence-electron chi connectivity index (χ2n) is 2.71. The summed E-state index contributed by atoms with van der Waals surface area (Å²) in [5.74, 6) is 0. The molecule has 0 spiro atoms. The lowest BCUT2D eigenvalue weighted by atomic mass is 10.2. The SMILES string of the molecule is CC(Cl)NCc1cccc(Cl)c1Cl.Cl. The first-order chi connectivity index (χ1) is 6.11. The molecule has 1 aromatic carbocycles. The molecule has 0 heterocycles. The van der Waals surface area contributed by atoms with Crippen molar-refractivity contribution >= 4 is 47.2 Å². The fourth-order valence-electron chi connectivity index (χ4n) is 0.936. The highest BCUT2D eigenvalue weighted by atomic mass is 35.5. The van der Waals surface area contributed by atoms with Crippen molar-refractivity contribution in [3.8, 4) is 0 Å². The van der Waals surface area contributed by atoms with Gasteiger partial charge in [-0.15, -0.1) is 24.0 Å². The normalized spacial score (nSPS) is 12.0. The summed E-state index contributed by atoms with van der Waals surface area (Å²) in [6.45, 7) is 2.49. The molecule has 0 aliphatic carbocycles. The van der Waals surface area contributed by atoms with Gasteiger partial charge in [0.15, 0.2) is 0 Å². The Morgan fingerprint density at radius 3 is 2.57 bits per heavy atom. The van der Waals surface area contributed by atoms with Gasteiger partial charge >= 0.3 is 0 Å². The molecule has 0 bridgehead atoms. The van der Waals surface area contributed by atoms with Gasteiger partial charge in [-0.3, -0.25) is 5.32 Å². The lowest BCUT2D eigenvalue weighted by Gasteiger charge is -2.08. The molecule has 14 heavy (non-hydrogen) atoms. The van der Waals surface area contributed by atoms with Crippen molar-refractivity contribution in [1.82, 2.24) is 5.32 Å². The number of rotatable bonds is 3. The average Bonchev–Trinajstić information content (AvgIpc) is 2.07. The summed E-state index contributed by atoms with van der Waals surface area (Å²) in [4.78, 5) is 0. The smallest absolute Gasteiger partial charge is 0.0799 e. The van der Waals surface area contributed by atoms with Crippen molar-refractivity contribution in [1.29, 1.82) is 0 Å². The van der Waals surface area contributed by atoms with Crippen molar-refractivity contribution in [3.63, 3.8) is 0 Å². The summed E-state index contributed by atoms with van der Waals surface area (Å²) >= 11 is 17.5. The summed E-state index contributed by atoms with van der Waals surface area (Å²) in [6, 6.07) is 5.54. The van der Waals surface area contributed by atoms with Crippen LogP contribution < -0.4 is 5.32 Å². The van der Waals surface area contributed by atoms with Crippen molar-refractivity contribution in [3.05, 3.63) is 33.8 Å². The first kappa shape index (κ1) is 14.3. The predicted octanol–water partition coefficient (Wildman–Crippen LogP) is 4.09. The van der Waals surface area contributed by atoms with Crippen LogP contribution in [0.4, 0.5) is 0 Å². The fourth-order valence-corrected chi connectivity index (χ4v) is 1.40. The number of nitrogens with one attached hydrogen (secondary N) is 1. The molecule has 1 nitrogen and oxygen atoms in total. The van der Waals surface area contributed by atoms with E-state index in [4.69, 9.17) is 34.8 Å². The van der Waals surface area contributed by atoms with E-state index >= 15 is 0 Å². The van der Waals surface area contributed by atoms with Gasteiger partial charge in [-0.05, 0) is 18.6 Å². The molecule has 0 aliphatic rings. The van der Waals surface area contributed by atoms with Crippen LogP contribution in [-0.4, -0.2) is 5.50 Å². The van der Waals surface area contributed by atoms with E-state index in [1.165, 1.54) is 0 Å². The Morgan fingerprint density at radius 1 is 1.36 bits per heavy atom. The van der Waals surface area contributed by atoms with Gasteiger partial charge in [0.2, 0.25) is 0 Å². The zero-order valence-corrected chi connectivity index (χ0v) is 10.6. The number of hydrogen-bond donors (Lipinski definition) is 1. The van der Waals surface area contributed by atoms with Crippen LogP contribution >= 0.6 is 47.2 Å². The van der Waals surface area contributed by atoms with Crippen LogP contribution in [0.5, 0.6) is 0 Å². The third-order valence-corrected chi connectivity index (χ3v) is 2.62. The highest BCUT2D eigenvalue weighted by Crippen LogP contribution is 2.25. The summed E-state index contributed by atoms with van der Waals surface area (Å²) in [5, 5.41) is 4.22. The van der Waals surface area contributed by atoms with E-state index in [9.17, 15) is 0 Å². The van der Waals surface area contributed by atoms with Crippen LogP contribution in [0.2, 0.25) is 10.0 Å². The monoisotopic (exact) mass is 273 g/mol. The van der Waals surface area contributed by atoms with Gasteiger partial charge in [0.25, 0.3) is 0 Å². The Balaban J connectivity index is 0.00000169. The lowest BCUT2D eigenvalue weighted by molar-refractivity contribution is 0.680. The summed E-state index contributed by atoms with van der Waals surface area (Å²) in [5.41, 5.74) is 0.886. The van der Waals surface area contributed by atoms with E-state index in [2.05, 4.69) is 5.32 Å². The second-order valence-corrected chi connectivity index (χ2v) is 4.15. The van der Waals surface area contributed by atoms with Gasteiger partial charge in [-0.1, -0.05) is 35.3 Å². The zero-order chi connectivity index (χ0) is 9.84. The fraction of sp³-hybridized carbons (Fsp3) is 0.333. The molecule has 5 heteroatoms. The third kappa shape index (κ3) is 4.24. The van der Waals surface area contributed by atoms with E-state index in [1.807, 2.05) is 19.1 Å². The highest BCUT2D eigenvalue weighted by molar-refractivity contribution is 6.42. The van der Waals surface area contributed by atoms with Crippen LogP contribution in [0.15, 0.2) is 18.2 Å². The predicted molar refractivity (Wildman–Crippen MR) is 65.9 cm³/mol. The van der Waals surface area contributed by atoms with Gasteiger partial charge in [0, 0.05) is 6.54 Å². The topological polar surface area (TPSA) is 12.0 Å². The molecule has 0 saturated carbocycles. The summed E-state index contributed by atoms with van der Waals surface area (Å²) in [7, 11) is 0. The molecule has 0 amide bonds. The van der Waals surface area contributed by atoms with Gasteiger partial charge in [0.05, 0.1) is 15.5 Å². The molecule has 1 N–H and O–H groups in total. The van der Waals surface area contributed by atoms with Crippen LogP contribution in [0.25, 0.3) is 0 Å². The van der Waals surface area contributed by atoms with Gasteiger partial charge < -0.3 is 0 Å². The molecule has 1 rings (SSSR count). The van der Waals surface area contributed by atoms with Gasteiger partial charge in [-0.2, -0.15) is 0 Å². The van der Waals surface area contributed by atoms with Crippen molar-refractivity contribution < 1.29 is 0 Å². The number of halogens is 4. The quantitative estimate of drug-likeness (QED) is 0.647. The molecule has 80 valence electrons. The maximum absolute atomic E-state index is 5.96. The molecule has 0 fully saturated rings. The van der Waals surface area contributed by atoms with Crippen molar-refractivity contribution in [2.45, 2.75) is 19.0 Å². The number of benzene rings is 1. The van der Waals surface area contributed by atoms with Crippen LogP contribution in [0, 0.1) is 0 Å². The standard InChI is InChI=1S/C9H10Cl3N.ClH/c1-6(10)13-5-7-3-2-4-8(11)9(7)12;/h2-4,6,13H,5H2,1H3;1H. The molecule has 0 radical (unpaired) electrons. The van der Waals surface area contributed by atoms with Crippen LogP contribution in [-0.2, 0) is 6.54 Å². The Labute approximate surface area is 105 Å². The zero-order valence-electron chi connectivity index (χ0n) is 7.56. The Hall–Kier alpha value is 0.340. The van der Waals surface area contributed by atoms with E-state index in [1.54, 1.807) is 6.07 Å². The number of hydrogen-bond acceptors (Lipinski definition) is 1. The molecule has 1 unspecified atom stereocenters. The maximum Gasteiger partial charge on any atom is 0.0799 e. The third-order valence-electron chi connectivity index (χ3n) is 1.61. The summed E-state index contributed by atoms with van der Waals surface area (Å²) < 4.78 is 0. The van der Waals surface area contributed by atoms with E-state index < -0.39 is 0 Å². The first-order valence-corrected chi connectivity index (χ1v) is 5.11. The Bertz CT molecular complexity index is 288. The Morgan fingerprint density at radius 2 is 2.00 bits per heavy atom. The molecule has 1 atom stereocenters. The van der Waals surface area contributed by atoms with Gasteiger partial charge in [0.1, 0.15) is 0 Å². The second kappa shape index (κ2) is 6.76. The number of alkyl halides is 1. The minimum Gasteiger partial charge on any atom is -0.297 e. The molecule has 0 aliphatic heterocycles. The van der Waals surface area contributed by atoms with Crippen LogP contribution in [0.1, 0.15) is 12.5 Å². The first-order valence-electron chi connectivity index (χ1n) is 3.91. The van der Waals surface area contributed by atoms with Crippen molar-refractivity contribution in [2.75, 3.05) is 0 Å². The highest BCUT2D eigenvalue weighted by Gasteiger charge is 2.04. The lowest BCUT2D eigenvalue weighted by Crippen LogP contribution is -2.19. The minimum absolute atomic E-state index is 0. The largest absolute Gasteiger partial charge is 0.297 e. The van der Waals surface area contributed by atoms with Crippen LogP contribution in [0.3, 0.4) is 0 Å². The average molecular weight is 275 g/mol. The maximum atomic E-state index is 5.96. The van der Waals surface area contributed by atoms with E-state index in [0.29, 0.717) is 16.6 Å².